The van der Waals surface area contributed by atoms with E-state index in [0.29, 0.717) is 0 Å². The molecule has 0 amide bonds. The Kier molecular flexibility index (Phi) is 1.47. The Hall–Kier alpha value is -0.530. The van der Waals surface area contributed by atoms with Crippen LogP contribution >= 0.6 is 0 Å². The smallest absolute Gasteiger partial charge is 0.211 e. The first-order valence-corrected chi connectivity index (χ1v) is 3.30. The van der Waals surface area contributed by atoms with Crippen LogP contribution in [0.2, 0.25) is 0 Å². The lowest BCUT2D eigenvalue weighted by Crippen LogP contribution is -2.30. The lowest BCUT2D eigenvalue weighted by molar-refractivity contribution is -0.00178. The Balaban J connectivity index is 2.60. The zero-order valence-electron chi connectivity index (χ0n) is 6.22. The summed E-state index contributed by atoms with van der Waals surface area (Å²) in [6.45, 7) is 6.36. The molecular formula is C7H13NO+. The van der Waals surface area contributed by atoms with E-state index in [4.69, 9.17) is 4.84 Å². The molecule has 0 aromatic rings. The largest absolute Gasteiger partial charge is 0.286 e. The first-order valence-electron chi connectivity index (χ1n) is 3.30. The number of hydrogen-bond donors (Lipinski definition) is 0. The molecule has 1 radical (unpaired) electrons. The molecule has 1 rings (SSSR count). The zero-order chi connectivity index (χ0) is 6.91. The van der Waals surface area contributed by atoms with Gasteiger partial charge in [0, 0.05) is 6.42 Å². The first kappa shape index (κ1) is 6.59. The minimum Gasteiger partial charge on any atom is -0.211 e. The molecule has 0 saturated heterocycles. The van der Waals surface area contributed by atoms with Crippen molar-refractivity contribution >= 4 is 6.21 Å². The van der Waals surface area contributed by atoms with E-state index in [0.717, 1.165) is 6.42 Å². The Morgan fingerprint density at radius 3 is 2.67 bits per heavy atom. The molecule has 1 unspecified atom stereocenters. The normalized spacial score (nSPS) is 31.7. The van der Waals surface area contributed by atoms with Gasteiger partial charge in [-0.2, -0.15) is 0 Å². The Morgan fingerprint density at radius 1 is 1.67 bits per heavy atom. The van der Waals surface area contributed by atoms with Gasteiger partial charge in [0.05, 0.1) is 5.41 Å². The first-order chi connectivity index (χ1) is 4.10. The van der Waals surface area contributed by atoms with E-state index in [-0.39, 0.29) is 11.5 Å². The zero-order valence-corrected chi connectivity index (χ0v) is 6.22. The molecule has 0 saturated carbocycles. The summed E-state index contributed by atoms with van der Waals surface area (Å²) in [6, 6.07) is 0. The second-order valence-electron chi connectivity index (χ2n) is 3.34. The van der Waals surface area contributed by atoms with Crippen molar-refractivity contribution in [3.8, 4) is 0 Å². The van der Waals surface area contributed by atoms with Gasteiger partial charge in [0.15, 0.2) is 6.10 Å². The maximum Gasteiger partial charge on any atom is 0.286 e. The number of hydrogen-bond acceptors (Lipinski definition) is 2. The summed E-state index contributed by atoms with van der Waals surface area (Å²) < 4.78 is 0. The Morgan fingerprint density at radius 2 is 2.33 bits per heavy atom. The fourth-order valence-corrected chi connectivity index (χ4v) is 1.11. The molecule has 0 aromatic carbocycles. The SMILES string of the molecule is CC1CC(C)(C)C=[N+]O1. The maximum absolute atomic E-state index is 4.98. The second kappa shape index (κ2) is 2.01. The third-order valence-electron chi connectivity index (χ3n) is 1.46. The molecule has 1 atom stereocenters. The summed E-state index contributed by atoms with van der Waals surface area (Å²) in [6.07, 6.45) is 3.22. The van der Waals surface area contributed by atoms with Gasteiger partial charge in [-0.25, -0.2) is 4.84 Å². The van der Waals surface area contributed by atoms with Gasteiger partial charge in [-0.3, -0.25) is 0 Å². The van der Waals surface area contributed by atoms with Crippen molar-refractivity contribution in [2.24, 2.45) is 5.41 Å². The topological polar surface area (TPSA) is 23.3 Å². The van der Waals surface area contributed by atoms with E-state index in [1.54, 1.807) is 0 Å². The van der Waals surface area contributed by atoms with E-state index in [1.807, 2.05) is 13.1 Å². The van der Waals surface area contributed by atoms with Crippen molar-refractivity contribution in [2.45, 2.75) is 33.3 Å². The minimum absolute atomic E-state index is 0.234. The van der Waals surface area contributed by atoms with E-state index < -0.39 is 0 Å². The van der Waals surface area contributed by atoms with Gasteiger partial charge in [0.2, 0.25) is 0 Å². The van der Waals surface area contributed by atoms with Gasteiger partial charge < -0.3 is 0 Å². The van der Waals surface area contributed by atoms with Gasteiger partial charge in [0.25, 0.3) is 11.4 Å². The van der Waals surface area contributed by atoms with Crippen LogP contribution in [-0.4, -0.2) is 12.3 Å². The molecule has 0 fully saturated rings. The molecule has 1 heterocycles. The third kappa shape index (κ3) is 1.70. The third-order valence-corrected chi connectivity index (χ3v) is 1.46. The van der Waals surface area contributed by atoms with Crippen LogP contribution in [0.5, 0.6) is 0 Å². The van der Waals surface area contributed by atoms with Crippen LogP contribution in [0, 0.1) is 5.41 Å². The van der Waals surface area contributed by atoms with Crippen LogP contribution in [0.3, 0.4) is 0 Å². The molecule has 0 aliphatic carbocycles. The Labute approximate surface area is 55.9 Å². The number of nitrogens with zero attached hydrogens (tertiary/aromatic N) is 1. The van der Waals surface area contributed by atoms with Crippen molar-refractivity contribution in [2.75, 3.05) is 0 Å². The van der Waals surface area contributed by atoms with E-state index in [1.165, 1.54) is 0 Å². The molecule has 0 bridgehead atoms. The van der Waals surface area contributed by atoms with Crippen molar-refractivity contribution in [1.82, 2.24) is 5.16 Å². The van der Waals surface area contributed by atoms with Crippen LogP contribution in [0.15, 0.2) is 0 Å². The van der Waals surface area contributed by atoms with Crippen LogP contribution in [-0.2, 0) is 4.84 Å². The monoisotopic (exact) mass is 127 g/mol. The molecule has 2 heteroatoms. The number of oxime groups is 1. The summed E-state index contributed by atoms with van der Waals surface area (Å²) in [5.74, 6) is 0. The highest BCUT2D eigenvalue weighted by Gasteiger charge is 2.31. The molecule has 51 valence electrons. The van der Waals surface area contributed by atoms with Gasteiger partial charge in [-0.15, -0.1) is 0 Å². The number of rotatable bonds is 0. The van der Waals surface area contributed by atoms with Gasteiger partial charge in [-0.1, -0.05) is 0 Å². The van der Waals surface area contributed by atoms with Crippen molar-refractivity contribution in [3.63, 3.8) is 0 Å². The average molecular weight is 127 g/mol. The summed E-state index contributed by atoms with van der Waals surface area (Å²) >= 11 is 0. The average Bonchev–Trinajstić information content (AvgIpc) is 1.60. The van der Waals surface area contributed by atoms with E-state index >= 15 is 0 Å². The van der Waals surface area contributed by atoms with Crippen LogP contribution in [0.1, 0.15) is 27.2 Å². The minimum atomic E-state index is 0.234. The molecule has 1 aliphatic rings. The van der Waals surface area contributed by atoms with Gasteiger partial charge in [0.1, 0.15) is 0 Å². The van der Waals surface area contributed by atoms with Crippen LogP contribution in [0.25, 0.3) is 0 Å². The molecule has 9 heavy (non-hydrogen) atoms. The molecule has 1 aliphatic heterocycles. The van der Waals surface area contributed by atoms with E-state index in [2.05, 4.69) is 19.0 Å². The van der Waals surface area contributed by atoms with Crippen LogP contribution in [0.4, 0.5) is 0 Å². The quantitative estimate of drug-likeness (QED) is 0.478. The summed E-state index contributed by atoms with van der Waals surface area (Å²) in [5, 5.41) is 3.79. The van der Waals surface area contributed by atoms with Gasteiger partial charge in [-0.05, 0) is 20.8 Å². The highest BCUT2D eigenvalue weighted by atomic mass is 16.6. The van der Waals surface area contributed by atoms with Crippen molar-refractivity contribution in [3.05, 3.63) is 0 Å². The van der Waals surface area contributed by atoms with Crippen molar-refractivity contribution in [1.29, 1.82) is 0 Å². The highest BCUT2D eigenvalue weighted by Crippen LogP contribution is 2.22. The lowest BCUT2D eigenvalue weighted by atomic mass is 9.88. The molecule has 0 spiro atoms. The lowest BCUT2D eigenvalue weighted by Gasteiger charge is -2.17. The summed E-state index contributed by atoms with van der Waals surface area (Å²) in [7, 11) is 0. The summed E-state index contributed by atoms with van der Waals surface area (Å²) in [4.78, 5) is 4.98. The fourth-order valence-electron chi connectivity index (χ4n) is 1.11. The molecule has 0 N–H and O–H groups in total. The predicted molar refractivity (Wildman–Crippen MR) is 37.1 cm³/mol. The standard InChI is InChI=1S/C7H13NO/c1-6-4-7(2,3)5-8-9-6/h5-6H,4H2,1-3H3/q+1. The summed E-state index contributed by atoms with van der Waals surface area (Å²) in [5.41, 5.74) is 0.234. The second-order valence-corrected chi connectivity index (χ2v) is 3.34. The maximum atomic E-state index is 4.98. The molecule has 2 nitrogen and oxygen atoms in total. The van der Waals surface area contributed by atoms with Crippen LogP contribution < -0.4 is 5.16 Å². The molecular weight excluding hydrogens is 114 g/mol. The van der Waals surface area contributed by atoms with E-state index in [9.17, 15) is 0 Å². The fraction of sp³-hybridized carbons (Fsp3) is 0.857. The Bertz CT molecular complexity index is 129. The highest BCUT2D eigenvalue weighted by molar-refractivity contribution is 5.63. The van der Waals surface area contributed by atoms with Crippen molar-refractivity contribution < 1.29 is 4.84 Å². The molecule has 0 aromatic heterocycles. The van der Waals surface area contributed by atoms with Gasteiger partial charge >= 0.3 is 0 Å². The predicted octanol–water partition coefficient (Wildman–Crippen LogP) is 1.14.